The van der Waals surface area contributed by atoms with Crippen LogP contribution >= 0.6 is 0 Å². The molecular weight excluding hydrogens is 330 g/mol. The quantitative estimate of drug-likeness (QED) is 0.863. The van der Waals surface area contributed by atoms with Crippen molar-refractivity contribution in [3.05, 3.63) is 41.5 Å². The monoisotopic (exact) mass is 355 g/mol. The molecule has 26 heavy (non-hydrogen) atoms. The van der Waals surface area contributed by atoms with E-state index in [0.29, 0.717) is 12.5 Å². The lowest BCUT2D eigenvalue weighted by molar-refractivity contribution is 0.235. The van der Waals surface area contributed by atoms with Gasteiger partial charge < -0.3 is 19.9 Å². The predicted molar refractivity (Wildman–Crippen MR) is 97.1 cm³/mol. The first-order chi connectivity index (χ1) is 12.7. The number of nitrogens with zero attached hydrogens (tertiary/aromatic N) is 3. The van der Waals surface area contributed by atoms with Crippen molar-refractivity contribution in [3.63, 3.8) is 0 Å². The number of hydrogen-bond donors (Lipinski definition) is 2. The van der Waals surface area contributed by atoms with Crippen molar-refractivity contribution in [2.75, 3.05) is 7.11 Å². The second kappa shape index (κ2) is 7.35. The minimum Gasteiger partial charge on any atom is -0.497 e. The number of rotatable bonds is 5. The molecule has 0 saturated heterocycles. The molecule has 0 radical (unpaired) electrons. The highest BCUT2D eigenvalue weighted by atomic mass is 16.5. The summed E-state index contributed by atoms with van der Waals surface area (Å²) in [5.74, 6) is 3.63. The molecule has 1 fully saturated rings. The molecule has 2 aliphatic rings. The maximum atomic E-state index is 12.2. The maximum Gasteiger partial charge on any atom is 0.315 e. The standard InChI is InChI=1S/C19H25N5O2/c1-26-16-7-2-13(3-8-16)12-20-19(25)21-15-6-9-17-22-23-18(14-4-5-14)24(17)11-10-15/h2-3,7-8,14-15H,4-6,9-12H2,1H3,(H2,20,21,25). The maximum absolute atomic E-state index is 12.2. The molecule has 2 amide bonds. The highest BCUT2D eigenvalue weighted by Gasteiger charge is 2.31. The van der Waals surface area contributed by atoms with Crippen molar-refractivity contribution in [2.24, 2.45) is 0 Å². The Morgan fingerprint density at radius 3 is 2.73 bits per heavy atom. The number of fused-ring (bicyclic) bond motifs is 1. The second-order valence-corrected chi connectivity index (χ2v) is 7.10. The van der Waals surface area contributed by atoms with Crippen LogP contribution < -0.4 is 15.4 Å². The molecule has 1 atom stereocenters. The molecule has 2 aromatic rings. The van der Waals surface area contributed by atoms with Crippen molar-refractivity contribution in [1.82, 2.24) is 25.4 Å². The number of ether oxygens (including phenoxy) is 1. The van der Waals surface area contributed by atoms with E-state index >= 15 is 0 Å². The molecular formula is C19H25N5O2. The summed E-state index contributed by atoms with van der Waals surface area (Å²) in [6.45, 7) is 1.39. The smallest absolute Gasteiger partial charge is 0.315 e. The van der Waals surface area contributed by atoms with E-state index in [1.165, 1.54) is 12.8 Å². The van der Waals surface area contributed by atoms with Crippen LogP contribution in [0, 0.1) is 0 Å². The zero-order valence-electron chi connectivity index (χ0n) is 15.1. The molecule has 1 unspecified atom stereocenters. The molecule has 4 rings (SSSR count). The first kappa shape index (κ1) is 16.9. The van der Waals surface area contributed by atoms with Crippen molar-refractivity contribution in [3.8, 4) is 5.75 Å². The SMILES string of the molecule is COc1ccc(CNC(=O)NC2CCc3nnc(C4CC4)n3CC2)cc1. The Morgan fingerprint density at radius 1 is 1.19 bits per heavy atom. The number of benzene rings is 1. The third-order valence-electron chi connectivity index (χ3n) is 5.16. The summed E-state index contributed by atoms with van der Waals surface area (Å²) in [4.78, 5) is 12.2. The molecule has 2 heterocycles. The Hall–Kier alpha value is -2.57. The zero-order chi connectivity index (χ0) is 17.9. The fraction of sp³-hybridized carbons (Fsp3) is 0.526. The van der Waals surface area contributed by atoms with Gasteiger partial charge in [0.25, 0.3) is 0 Å². The van der Waals surface area contributed by atoms with Crippen molar-refractivity contribution in [2.45, 2.75) is 57.2 Å². The molecule has 1 aliphatic carbocycles. The van der Waals surface area contributed by atoms with Crippen LogP contribution in [-0.2, 0) is 19.5 Å². The van der Waals surface area contributed by atoms with Gasteiger partial charge in [-0.25, -0.2) is 4.79 Å². The number of aromatic nitrogens is 3. The molecule has 7 nitrogen and oxygen atoms in total. The highest BCUT2D eigenvalue weighted by Crippen LogP contribution is 2.39. The van der Waals surface area contributed by atoms with Crippen LogP contribution in [0.2, 0.25) is 0 Å². The first-order valence-electron chi connectivity index (χ1n) is 9.32. The van der Waals surface area contributed by atoms with Gasteiger partial charge in [-0.15, -0.1) is 10.2 Å². The van der Waals surface area contributed by atoms with Gasteiger partial charge in [-0.2, -0.15) is 0 Å². The first-order valence-corrected chi connectivity index (χ1v) is 9.32. The topological polar surface area (TPSA) is 81.1 Å². The average Bonchev–Trinajstić information content (AvgIpc) is 3.46. The van der Waals surface area contributed by atoms with E-state index in [2.05, 4.69) is 25.4 Å². The largest absolute Gasteiger partial charge is 0.497 e. The van der Waals surface area contributed by atoms with Gasteiger partial charge in [-0.1, -0.05) is 12.1 Å². The highest BCUT2D eigenvalue weighted by molar-refractivity contribution is 5.74. The third kappa shape index (κ3) is 3.81. The Kier molecular flexibility index (Phi) is 4.77. The van der Waals surface area contributed by atoms with Crippen LogP contribution in [0.4, 0.5) is 4.79 Å². The number of carbonyl (C=O) groups is 1. The Morgan fingerprint density at radius 2 is 2.00 bits per heavy atom. The number of nitrogens with one attached hydrogen (secondary N) is 2. The van der Waals surface area contributed by atoms with Crippen LogP contribution in [-0.4, -0.2) is 33.9 Å². The average molecular weight is 355 g/mol. The number of hydrogen-bond acceptors (Lipinski definition) is 4. The summed E-state index contributed by atoms with van der Waals surface area (Å²) in [7, 11) is 1.64. The zero-order valence-corrected chi connectivity index (χ0v) is 15.1. The van der Waals surface area contributed by atoms with Crippen LogP contribution in [0.5, 0.6) is 5.75 Å². The fourth-order valence-corrected chi connectivity index (χ4v) is 3.46. The van der Waals surface area contributed by atoms with Crippen molar-refractivity contribution >= 4 is 6.03 Å². The van der Waals surface area contributed by atoms with Crippen LogP contribution in [0.15, 0.2) is 24.3 Å². The van der Waals surface area contributed by atoms with Gasteiger partial charge in [0.05, 0.1) is 7.11 Å². The third-order valence-corrected chi connectivity index (χ3v) is 5.16. The number of amides is 2. The van der Waals surface area contributed by atoms with Gasteiger partial charge in [0.1, 0.15) is 17.4 Å². The van der Waals surface area contributed by atoms with E-state index in [1.807, 2.05) is 24.3 Å². The minimum absolute atomic E-state index is 0.120. The minimum atomic E-state index is -0.120. The summed E-state index contributed by atoms with van der Waals surface area (Å²) in [6.07, 6.45) is 5.14. The van der Waals surface area contributed by atoms with Gasteiger partial charge in [-0.3, -0.25) is 0 Å². The van der Waals surface area contributed by atoms with Crippen LogP contribution in [0.3, 0.4) is 0 Å². The molecule has 0 bridgehead atoms. The second-order valence-electron chi connectivity index (χ2n) is 7.10. The molecule has 138 valence electrons. The predicted octanol–water partition coefficient (Wildman–Crippen LogP) is 2.37. The normalized spacial score (nSPS) is 19.3. The number of aryl methyl sites for hydroxylation is 1. The van der Waals surface area contributed by atoms with E-state index in [4.69, 9.17) is 4.74 Å². The molecule has 2 N–H and O–H groups in total. The number of carbonyl (C=O) groups excluding carboxylic acids is 1. The molecule has 1 aromatic heterocycles. The molecule has 1 aromatic carbocycles. The lowest BCUT2D eigenvalue weighted by atomic mass is 10.1. The molecule has 1 aliphatic heterocycles. The summed E-state index contributed by atoms with van der Waals surface area (Å²) in [5.41, 5.74) is 1.04. The van der Waals surface area contributed by atoms with E-state index in [9.17, 15) is 4.79 Å². The fourth-order valence-electron chi connectivity index (χ4n) is 3.46. The van der Waals surface area contributed by atoms with Crippen molar-refractivity contribution in [1.29, 1.82) is 0 Å². The van der Waals surface area contributed by atoms with Gasteiger partial charge in [0, 0.05) is 31.5 Å². The van der Waals surface area contributed by atoms with Gasteiger partial charge in [0.2, 0.25) is 0 Å². The van der Waals surface area contributed by atoms with Crippen molar-refractivity contribution < 1.29 is 9.53 Å². The summed E-state index contributed by atoms with van der Waals surface area (Å²) >= 11 is 0. The summed E-state index contributed by atoms with van der Waals surface area (Å²) < 4.78 is 7.42. The lowest BCUT2D eigenvalue weighted by Gasteiger charge is -2.17. The van der Waals surface area contributed by atoms with Gasteiger partial charge >= 0.3 is 6.03 Å². The summed E-state index contributed by atoms with van der Waals surface area (Å²) in [5, 5.41) is 14.8. The molecule has 0 spiro atoms. The van der Waals surface area contributed by atoms with Crippen LogP contribution in [0.25, 0.3) is 0 Å². The Balaban J connectivity index is 1.27. The van der Waals surface area contributed by atoms with Gasteiger partial charge in [0.15, 0.2) is 0 Å². The Labute approximate surface area is 153 Å². The van der Waals surface area contributed by atoms with Crippen LogP contribution in [0.1, 0.15) is 48.8 Å². The van der Waals surface area contributed by atoms with Gasteiger partial charge in [-0.05, 0) is 43.4 Å². The lowest BCUT2D eigenvalue weighted by Crippen LogP contribution is -2.42. The molecule has 1 saturated carbocycles. The molecule has 7 heteroatoms. The van der Waals surface area contributed by atoms with E-state index in [0.717, 1.165) is 48.8 Å². The van der Waals surface area contributed by atoms with E-state index in [1.54, 1.807) is 7.11 Å². The number of methoxy groups -OCH3 is 1. The Bertz CT molecular complexity index is 767. The summed E-state index contributed by atoms with van der Waals surface area (Å²) in [6, 6.07) is 7.75. The van der Waals surface area contributed by atoms with E-state index in [-0.39, 0.29) is 12.1 Å². The number of urea groups is 1. The van der Waals surface area contributed by atoms with E-state index < -0.39 is 0 Å².